The smallest absolute Gasteiger partial charge is 0.142 e. The molecular formula is C21H27ClN2O2. The van der Waals surface area contributed by atoms with Gasteiger partial charge in [0.2, 0.25) is 0 Å². The largest absolute Gasteiger partial charge is 0.495 e. The van der Waals surface area contributed by atoms with Gasteiger partial charge in [0.1, 0.15) is 18.1 Å². The summed E-state index contributed by atoms with van der Waals surface area (Å²) in [6, 6.07) is 10.5. The predicted molar refractivity (Wildman–Crippen MR) is 107 cm³/mol. The van der Waals surface area contributed by atoms with Gasteiger partial charge in [0, 0.05) is 18.7 Å². The van der Waals surface area contributed by atoms with Gasteiger partial charge >= 0.3 is 0 Å². The highest BCUT2D eigenvalue weighted by atomic mass is 35.5. The molecule has 0 radical (unpaired) electrons. The Labute approximate surface area is 161 Å². The van der Waals surface area contributed by atoms with Gasteiger partial charge in [0.25, 0.3) is 0 Å². The molecule has 26 heavy (non-hydrogen) atoms. The van der Waals surface area contributed by atoms with Crippen molar-refractivity contribution in [1.29, 1.82) is 0 Å². The van der Waals surface area contributed by atoms with Crippen LogP contribution in [0.15, 0.2) is 30.3 Å². The normalized spacial score (nSPS) is 16.5. The summed E-state index contributed by atoms with van der Waals surface area (Å²) >= 11 is 6.41. The number of aryl methyl sites for hydroxylation is 1. The molecule has 140 valence electrons. The minimum Gasteiger partial charge on any atom is -0.495 e. The van der Waals surface area contributed by atoms with Crippen molar-refractivity contribution in [3.63, 3.8) is 0 Å². The van der Waals surface area contributed by atoms with E-state index in [-0.39, 0.29) is 6.04 Å². The van der Waals surface area contributed by atoms with Crippen LogP contribution in [0, 0.1) is 6.92 Å². The molecule has 0 aromatic heterocycles. The lowest BCUT2D eigenvalue weighted by atomic mass is 9.88. The summed E-state index contributed by atoms with van der Waals surface area (Å²) in [4.78, 5) is 2.12. The van der Waals surface area contributed by atoms with Gasteiger partial charge in [-0.1, -0.05) is 23.7 Å². The first-order valence-corrected chi connectivity index (χ1v) is 9.35. The van der Waals surface area contributed by atoms with E-state index in [1.54, 1.807) is 7.11 Å². The van der Waals surface area contributed by atoms with Crippen molar-refractivity contribution in [2.45, 2.75) is 19.4 Å². The zero-order chi connectivity index (χ0) is 18.7. The molecule has 0 bridgehead atoms. The summed E-state index contributed by atoms with van der Waals surface area (Å²) in [6.45, 7) is 4.56. The second kappa shape index (κ2) is 8.30. The molecular weight excluding hydrogens is 348 g/mol. The summed E-state index contributed by atoms with van der Waals surface area (Å²) in [7, 11) is 5.77. The summed E-state index contributed by atoms with van der Waals surface area (Å²) in [5.41, 5.74) is 4.79. The first kappa shape index (κ1) is 19.0. The van der Waals surface area contributed by atoms with E-state index >= 15 is 0 Å². The third kappa shape index (κ3) is 4.14. The zero-order valence-corrected chi connectivity index (χ0v) is 16.7. The average molecular weight is 375 g/mol. The van der Waals surface area contributed by atoms with Gasteiger partial charge in [0.15, 0.2) is 0 Å². The van der Waals surface area contributed by atoms with Crippen LogP contribution < -0.4 is 14.8 Å². The summed E-state index contributed by atoms with van der Waals surface area (Å²) in [5, 5.41) is 4.27. The quantitative estimate of drug-likeness (QED) is 0.833. The van der Waals surface area contributed by atoms with Gasteiger partial charge < -0.3 is 19.7 Å². The summed E-state index contributed by atoms with van der Waals surface area (Å²) in [6.07, 6.45) is 0.985. The lowest BCUT2D eigenvalue weighted by Crippen LogP contribution is -2.31. The van der Waals surface area contributed by atoms with Crippen LogP contribution in [0.4, 0.5) is 0 Å². The van der Waals surface area contributed by atoms with E-state index in [9.17, 15) is 0 Å². The van der Waals surface area contributed by atoms with Crippen molar-refractivity contribution in [2.24, 2.45) is 0 Å². The van der Waals surface area contributed by atoms with Gasteiger partial charge in [-0.25, -0.2) is 0 Å². The molecule has 1 heterocycles. The van der Waals surface area contributed by atoms with Crippen molar-refractivity contribution in [3.8, 4) is 11.5 Å². The van der Waals surface area contributed by atoms with Crippen LogP contribution >= 0.6 is 11.6 Å². The van der Waals surface area contributed by atoms with Gasteiger partial charge in [-0.15, -0.1) is 0 Å². The Balaban J connectivity index is 1.90. The number of ether oxygens (including phenoxy) is 2. The maximum atomic E-state index is 6.41. The fraction of sp³-hybridized carbons (Fsp3) is 0.429. The van der Waals surface area contributed by atoms with Gasteiger partial charge in [-0.2, -0.15) is 0 Å². The second-order valence-electron chi connectivity index (χ2n) is 7.02. The van der Waals surface area contributed by atoms with Crippen LogP contribution in [-0.2, 0) is 6.42 Å². The number of methoxy groups -OCH3 is 1. The molecule has 1 aliphatic rings. The SMILES string of the molecule is COc1c(Cl)cc(C)cc1C1NCCc2cc(OCCN(C)C)ccc21. The number of rotatable bonds is 6. The topological polar surface area (TPSA) is 33.7 Å². The molecule has 2 aromatic rings. The van der Waals surface area contributed by atoms with Crippen molar-refractivity contribution < 1.29 is 9.47 Å². The van der Waals surface area contributed by atoms with E-state index in [4.69, 9.17) is 21.1 Å². The third-order valence-corrected chi connectivity index (χ3v) is 4.99. The Morgan fingerprint density at radius 1 is 1.19 bits per heavy atom. The Morgan fingerprint density at radius 2 is 2.00 bits per heavy atom. The number of benzene rings is 2. The number of nitrogens with zero attached hydrogens (tertiary/aromatic N) is 1. The Bertz CT molecular complexity index is 777. The number of hydrogen-bond acceptors (Lipinski definition) is 4. The lowest BCUT2D eigenvalue weighted by Gasteiger charge is -2.29. The minimum absolute atomic E-state index is 0.0712. The van der Waals surface area contributed by atoms with Crippen molar-refractivity contribution in [2.75, 3.05) is 40.9 Å². The molecule has 5 heteroatoms. The van der Waals surface area contributed by atoms with Gasteiger partial charge in [0.05, 0.1) is 18.2 Å². The molecule has 0 saturated heterocycles. The first-order chi connectivity index (χ1) is 12.5. The average Bonchev–Trinajstić information content (AvgIpc) is 2.60. The van der Waals surface area contributed by atoms with E-state index in [1.807, 2.05) is 20.2 Å². The van der Waals surface area contributed by atoms with Crippen LogP contribution in [-0.4, -0.2) is 45.8 Å². The molecule has 1 aliphatic heterocycles. The molecule has 1 N–H and O–H groups in total. The maximum absolute atomic E-state index is 6.41. The Morgan fingerprint density at radius 3 is 2.73 bits per heavy atom. The fourth-order valence-corrected chi connectivity index (χ4v) is 3.80. The number of halogens is 1. The number of likely N-dealkylation sites (N-methyl/N-ethyl adjacent to an activating group) is 1. The lowest BCUT2D eigenvalue weighted by molar-refractivity contribution is 0.261. The van der Waals surface area contributed by atoms with E-state index in [0.29, 0.717) is 11.6 Å². The fourth-order valence-electron chi connectivity index (χ4n) is 3.44. The van der Waals surface area contributed by atoms with E-state index in [1.165, 1.54) is 11.1 Å². The number of fused-ring (bicyclic) bond motifs is 1. The molecule has 1 unspecified atom stereocenters. The molecule has 3 rings (SSSR count). The second-order valence-corrected chi connectivity index (χ2v) is 7.43. The van der Waals surface area contributed by atoms with Crippen LogP contribution in [0.25, 0.3) is 0 Å². The molecule has 0 amide bonds. The van der Waals surface area contributed by atoms with Crippen molar-refractivity contribution in [3.05, 3.63) is 57.6 Å². The molecule has 0 aliphatic carbocycles. The van der Waals surface area contributed by atoms with E-state index < -0.39 is 0 Å². The van der Waals surface area contributed by atoms with Crippen LogP contribution in [0.2, 0.25) is 5.02 Å². The van der Waals surface area contributed by atoms with Crippen LogP contribution in [0.5, 0.6) is 11.5 Å². The standard InChI is InChI=1S/C21H27ClN2O2/c1-14-11-18(21(25-4)19(22)12-14)20-17-6-5-16(26-10-9-24(2)3)13-15(17)7-8-23-20/h5-6,11-13,20,23H,7-10H2,1-4H3. The van der Waals surface area contributed by atoms with E-state index in [0.717, 1.165) is 42.1 Å². The molecule has 0 spiro atoms. The predicted octanol–water partition coefficient (Wildman–Crippen LogP) is 3.83. The highest BCUT2D eigenvalue weighted by Crippen LogP contribution is 2.39. The van der Waals surface area contributed by atoms with Gasteiger partial charge in [-0.05, 0) is 62.3 Å². The summed E-state index contributed by atoms with van der Waals surface area (Å²) in [5.74, 6) is 1.68. The Hall–Kier alpha value is -1.75. The Kier molecular flexibility index (Phi) is 6.07. The highest BCUT2D eigenvalue weighted by molar-refractivity contribution is 6.32. The molecule has 0 fully saturated rings. The molecule has 0 saturated carbocycles. The monoisotopic (exact) mass is 374 g/mol. The van der Waals surface area contributed by atoms with Crippen LogP contribution in [0.1, 0.15) is 28.3 Å². The maximum Gasteiger partial charge on any atom is 0.142 e. The number of nitrogens with one attached hydrogen (secondary N) is 1. The number of hydrogen-bond donors (Lipinski definition) is 1. The molecule has 2 aromatic carbocycles. The third-order valence-electron chi connectivity index (χ3n) is 4.71. The summed E-state index contributed by atoms with van der Waals surface area (Å²) < 4.78 is 11.5. The van der Waals surface area contributed by atoms with E-state index in [2.05, 4.69) is 41.4 Å². The van der Waals surface area contributed by atoms with Gasteiger partial charge in [-0.3, -0.25) is 0 Å². The molecule has 1 atom stereocenters. The molecule has 4 nitrogen and oxygen atoms in total. The first-order valence-electron chi connectivity index (χ1n) is 8.97. The highest BCUT2D eigenvalue weighted by Gasteiger charge is 2.25. The zero-order valence-electron chi connectivity index (χ0n) is 15.9. The van der Waals surface area contributed by atoms with Crippen molar-refractivity contribution >= 4 is 11.6 Å². The van der Waals surface area contributed by atoms with Crippen molar-refractivity contribution in [1.82, 2.24) is 10.2 Å². The minimum atomic E-state index is 0.0712. The van der Waals surface area contributed by atoms with Crippen LogP contribution in [0.3, 0.4) is 0 Å².